The Morgan fingerprint density at radius 1 is 0.328 bits per heavy atom. The maximum atomic E-state index is 6.52. The minimum Gasteiger partial charge on any atom is -0.453 e. The lowest BCUT2D eigenvalue weighted by atomic mass is 9.80. The SMILES string of the molecule is CC1(C)c2ccccc2-c2ccc(-c3c4ccc(N5c6ccccc6Oc6ccccc65)cc4c(-c4ccc5ccccc5c4)c4ccc(N5c6ccccc6Oc6ccccc65)cc34)cc21. The molecule has 1 aliphatic carbocycles. The number of benzene rings is 11. The van der Waals surface area contributed by atoms with Crippen molar-refractivity contribution in [1.82, 2.24) is 0 Å². The summed E-state index contributed by atoms with van der Waals surface area (Å²) in [5, 5.41) is 7.14. The molecule has 0 saturated heterocycles. The van der Waals surface area contributed by atoms with Crippen LogP contribution in [0.5, 0.6) is 23.0 Å². The van der Waals surface area contributed by atoms with Crippen molar-refractivity contribution in [3.63, 3.8) is 0 Å². The fraction of sp³-hybridized carbons (Fsp3) is 0.0476. The molecule has 0 fully saturated rings. The number of para-hydroxylation sites is 8. The molecule has 67 heavy (non-hydrogen) atoms. The van der Waals surface area contributed by atoms with Crippen LogP contribution in [-0.4, -0.2) is 0 Å². The van der Waals surface area contributed by atoms with Crippen molar-refractivity contribution in [2.75, 3.05) is 9.80 Å². The third-order valence-electron chi connectivity index (χ3n) is 14.4. The van der Waals surface area contributed by atoms with Gasteiger partial charge in [0, 0.05) is 16.8 Å². The number of fused-ring (bicyclic) bond motifs is 10. The first-order chi connectivity index (χ1) is 33.0. The quantitative estimate of drug-likeness (QED) is 0.165. The monoisotopic (exact) mass is 858 g/mol. The van der Waals surface area contributed by atoms with E-state index >= 15 is 0 Å². The van der Waals surface area contributed by atoms with E-state index in [1.54, 1.807) is 0 Å². The Hall–Kier alpha value is -8.60. The van der Waals surface area contributed by atoms with Gasteiger partial charge < -0.3 is 19.3 Å². The molecule has 316 valence electrons. The lowest BCUT2D eigenvalue weighted by molar-refractivity contribution is 0.477. The Morgan fingerprint density at radius 2 is 0.761 bits per heavy atom. The molecule has 11 aromatic rings. The van der Waals surface area contributed by atoms with Gasteiger partial charge in [-0.15, -0.1) is 0 Å². The second kappa shape index (κ2) is 14.2. The summed E-state index contributed by atoms with van der Waals surface area (Å²) in [6.07, 6.45) is 0. The van der Waals surface area contributed by atoms with Crippen molar-refractivity contribution < 1.29 is 9.47 Å². The van der Waals surface area contributed by atoms with E-state index in [-0.39, 0.29) is 5.41 Å². The Labute approximate surface area is 389 Å². The lowest BCUT2D eigenvalue weighted by Gasteiger charge is -2.33. The molecule has 11 aromatic carbocycles. The number of ether oxygens (including phenoxy) is 2. The molecule has 3 aliphatic rings. The fourth-order valence-electron chi connectivity index (χ4n) is 11.3. The molecular formula is C63H42N2O2. The molecule has 4 heteroatoms. The molecule has 14 rings (SSSR count). The van der Waals surface area contributed by atoms with Crippen molar-refractivity contribution >= 4 is 66.4 Å². The summed E-state index contributed by atoms with van der Waals surface area (Å²) >= 11 is 0. The molecule has 4 nitrogen and oxygen atoms in total. The van der Waals surface area contributed by atoms with Gasteiger partial charge in [-0.05, 0) is 162 Å². The molecule has 0 atom stereocenters. The molecule has 2 aliphatic heterocycles. The minimum absolute atomic E-state index is 0.171. The van der Waals surface area contributed by atoms with Crippen molar-refractivity contribution in [3.05, 3.63) is 230 Å². The number of rotatable bonds is 4. The number of hydrogen-bond donors (Lipinski definition) is 0. The maximum absolute atomic E-state index is 6.52. The largest absolute Gasteiger partial charge is 0.453 e. The van der Waals surface area contributed by atoms with E-state index in [1.807, 2.05) is 24.3 Å². The van der Waals surface area contributed by atoms with Gasteiger partial charge in [0.1, 0.15) is 0 Å². The zero-order valence-corrected chi connectivity index (χ0v) is 37.0. The predicted octanol–water partition coefficient (Wildman–Crippen LogP) is 17.9. The second-order valence-electron chi connectivity index (χ2n) is 18.4. The highest BCUT2D eigenvalue weighted by Crippen LogP contribution is 2.56. The Kier molecular flexibility index (Phi) is 8.00. The summed E-state index contributed by atoms with van der Waals surface area (Å²) in [6.45, 7) is 4.74. The highest BCUT2D eigenvalue weighted by molar-refractivity contribution is 6.23. The predicted molar refractivity (Wildman–Crippen MR) is 277 cm³/mol. The van der Waals surface area contributed by atoms with Gasteiger partial charge in [0.2, 0.25) is 0 Å². The maximum Gasteiger partial charge on any atom is 0.151 e. The van der Waals surface area contributed by atoms with Crippen LogP contribution in [0, 0.1) is 0 Å². The molecule has 0 radical (unpaired) electrons. The Bertz CT molecular complexity index is 3790. The van der Waals surface area contributed by atoms with Crippen LogP contribution in [0.4, 0.5) is 34.1 Å². The minimum atomic E-state index is -0.171. The van der Waals surface area contributed by atoms with Crippen LogP contribution in [0.1, 0.15) is 25.0 Å². The van der Waals surface area contributed by atoms with Crippen LogP contribution >= 0.6 is 0 Å². The van der Waals surface area contributed by atoms with Gasteiger partial charge in [0.25, 0.3) is 0 Å². The normalized spacial score (nSPS) is 13.8. The van der Waals surface area contributed by atoms with Crippen LogP contribution in [0.15, 0.2) is 218 Å². The smallest absolute Gasteiger partial charge is 0.151 e. The van der Waals surface area contributed by atoms with E-state index in [0.717, 1.165) is 57.1 Å². The van der Waals surface area contributed by atoms with Gasteiger partial charge in [-0.25, -0.2) is 0 Å². The summed E-state index contributed by atoms with van der Waals surface area (Å²) in [4.78, 5) is 4.71. The second-order valence-corrected chi connectivity index (χ2v) is 18.4. The van der Waals surface area contributed by atoms with Crippen molar-refractivity contribution in [2.24, 2.45) is 0 Å². The van der Waals surface area contributed by atoms with Gasteiger partial charge >= 0.3 is 0 Å². The van der Waals surface area contributed by atoms with E-state index in [9.17, 15) is 0 Å². The van der Waals surface area contributed by atoms with E-state index in [4.69, 9.17) is 9.47 Å². The first-order valence-electron chi connectivity index (χ1n) is 23.1. The molecule has 0 unspecified atom stereocenters. The van der Waals surface area contributed by atoms with Gasteiger partial charge in [0.05, 0.1) is 22.7 Å². The molecule has 2 heterocycles. The average Bonchev–Trinajstić information content (AvgIpc) is 3.60. The van der Waals surface area contributed by atoms with Gasteiger partial charge in [-0.2, -0.15) is 0 Å². The summed E-state index contributed by atoms with van der Waals surface area (Å²) in [5.41, 5.74) is 16.1. The summed E-state index contributed by atoms with van der Waals surface area (Å²) in [7, 11) is 0. The Morgan fingerprint density at radius 3 is 1.31 bits per heavy atom. The summed E-state index contributed by atoms with van der Waals surface area (Å²) in [5.74, 6) is 3.32. The Balaban J connectivity index is 1.10. The summed E-state index contributed by atoms with van der Waals surface area (Å²) < 4.78 is 13.0. The van der Waals surface area contributed by atoms with Crippen molar-refractivity contribution in [1.29, 1.82) is 0 Å². The molecule has 0 saturated carbocycles. The highest BCUT2D eigenvalue weighted by atomic mass is 16.5. The van der Waals surface area contributed by atoms with Gasteiger partial charge in [-0.1, -0.05) is 147 Å². The fourth-order valence-corrected chi connectivity index (χ4v) is 11.3. The van der Waals surface area contributed by atoms with E-state index in [1.165, 1.54) is 76.8 Å². The first kappa shape index (κ1) is 37.7. The third kappa shape index (κ3) is 5.60. The number of nitrogens with zero attached hydrogens (tertiary/aromatic N) is 2. The van der Waals surface area contributed by atoms with Crippen LogP contribution in [0.25, 0.3) is 65.7 Å². The topological polar surface area (TPSA) is 24.9 Å². The molecule has 0 aromatic heterocycles. The van der Waals surface area contributed by atoms with Crippen molar-refractivity contribution in [3.8, 4) is 56.4 Å². The number of hydrogen-bond acceptors (Lipinski definition) is 4. The number of anilines is 6. The average molecular weight is 859 g/mol. The van der Waals surface area contributed by atoms with Crippen LogP contribution in [0.3, 0.4) is 0 Å². The van der Waals surface area contributed by atoms with Crippen molar-refractivity contribution in [2.45, 2.75) is 19.3 Å². The molecular weight excluding hydrogens is 817 g/mol. The van der Waals surface area contributed by atoms with Gasteiger partial charge in [0.15, 0.2) is 23.0 Å². The standard InChI is InChI=1S/C63H42N2O2/c1-63(2)51-18-6-5-17-45(51)46-32-29-42(36-52(46)63)62-48-34-31-43(64-53-19-7-11-23-57(53)66-58-24-12-8-20-54(58)64)37-49(48)61(41-28-27-39-15-3-4-16-40(39)35-41)47-33-30-44(38-50(47)62)65-55-21-9-13-25-59(55)67-60-26-14-10-22-56(60)65/h3-38H,1-2H3. The molecule has 0 bridgehead atoms. The van der Waals surface area contributed by atoms with E-state index in [0.29, 0.717) is 0 Å². The lowest BCUT2D eigenvalue weighted by Crippen LogP contribution is -2.16. The molecule has 0 amide bonds. The van der Waals surface area contributed by atoms with Crippen LogP contribution in [0.2, 0.25) is 0 Å². The zero-order valence-electron chi connectivity index (χ0n) is 37.0. The van der Waals surface area contributed by atoms with E-state index in [2.05, 4.69) is 218 Å². The molecule has 0 spiro atoms. The van der Waals surface area contributed by atoms with Crippen LogP contribution < -0.4 is 19.3 Å². The third-order valence-corrected chi connectivity index (χ3v) is 14.4. The zero-order chi connectivity index (χ0) is 44.4. The van der Waals surface area contributed by atoms with E-state index < -0.39 is 0 Å². The molecule has 0 N–H and O–H groups in total. The first-order valence-corrected chi connectivity index (χ1v) is 23.1. The summed E-state index contributed by atoms with van der Waals surface area (Å²) in [6, 6.07) is 79.2. The highest BCUT2D eigenvalue weighted by Gasteiger charge is 2.36. The van der Waals surface area contributed by atoms with Crippen LogP contribution in [-0.2, 0) is 5.41 Å². The van der Waals surface area contributed by atoms with Gasteiger partial charge in [-0.3, -0.25) is 0 Å².